The first-order valence-electron chi connectivity index (χ1n) is 6.30. The van der Waals surface area contributed by atoms with Gasteiger partial charge in [0.2, 0.25) is 0 Å². The Kier molecular flexibility index (Phi) is 4.61. The quantitative estimate of drug-likeness (QED) is 0.919. The van der Waals surface area contributed by atoms with Crippen LogP contribution in [0.25, 0.3) is 0 Å². The zero-order chi connectivity index (χ0) is 13.8. The summed E-state index contributed by atoms with van der Waals surface area (Å²) in [5, 5.41) is 0. The van der Waals surface area contributed by atoms with Gasteiger partial charge >= 0.3 is 0 Å². The van der Waals surface area contributed by atoms with Gasteiger partial charge in [-0.05, 0) is 48.7 Å². The number of halogens is 1. The van der Waals surface area contributed by atoms with Crippen LogP contribution >= 0.6 is 15.9 Å². The third-order valence-electron chi connectivity index (χ3n) is 3.16. The maximum absolute atomic E-state index is 6.07. The van der Waals surface area contributed by atoms with Crippen LogP contribution in [0, 0.1) is 13.8 Å². The summed E-state index contributed by atoms with van der Waals surface area (Å²) in [4.78, 5) is 0. The lowest BCUT2D eigenvalue weighted by molar-refractivity contribution is 0.212. The van der Waals surface area contributed by atoms with Gasteiger partial charge in [0, 0.05) is 11.0 Å². The number of aryl methyl sites for hydroxylation is 2. The molecule has 100 valence electrons. The Bertz CT molecular complexity index is 568. The van der Waals surface area contributed by atoms with Gasteiger partial charge in [0.1, 0.15) is 11.9 Å². The van der Waals surface area contributed by atoms with Crippen molar-refractivity contribution in [3.8, 4) is 5.75 Å². The van der Waals surface area contributed by atoms with Crippen molar-refractivity contribution in [2.75, 3.05) is 6.54 Å². The molecule has 0 heterocycles. The van der Waals surface area contributed by atoms with Gasteiger partial charge in [-0.15, -0.1) is 0 Å². The Labute approximate surface area is 122 Å². The van der Waals surface area contributed by atoms with Crippen LogP contribution in [0.3, 0.4) is 0 Å². The van der Waals surface area contributed by atoms with E-state index in [1.165, 1.54) is 5.56 Å². The Morgan fingerprint density at radius 3 is 2.47 bits per heavy atom. The fourth-order valence-corrected chi connectivity index (χ4v) is 2.56. The molecule has 2 aromatic carbocycles. The topological polar surface area (TPSA) is 35.2 Å². The van der Waals surface area contributed by atoms with Crippen LogP contribution in [0.2, 0.25) is 0 Å². The fraction of sp³-hybridized carbons (Fsp3) is 0.250. The van der Waals surface area contributed by atoms with Crippen molar-refractivity contribution >= 4 is 15.9 Å². The normalized spacial score (nSPS) is 12.2. The van der Waals surface area contributed by atoms with E-state index < -0.39 is 0 Å². The number of hydrogen-bond acceptors (Lipinski definition) is 2. The summed E-state index contributed by atoms with van der Waals surface area (Å²) in [6.07, 6.45) is -0.110. The first kappa shape index (κ1) is 14.1. The maximum atomic E-state index is 6.07. The zero-order valence-corrected chi connectivity index (χ0v) is 12.8. The molecule has 2 rings (SSSR count). The summed E-state index contributed by atoms with van der Waals surface area (Å²) in [7, 11) is 0. The second-order valence-corrected chi connectivity index (χ2v) is 5.52. The van der Waals surface area contributed by atoms with Gasteiger partial charge in [-0.1, -0.05) is 40.2 Å². The lowest BCUT2D eigenvalue weighted by atomic mass is 10.0. The highest BCUT2D eigenvalue weighted by Gasteiger charge is 2.14. The first-order valence-corrected chi connectivity index (χ1v) is 7.09. The Morgan fingerprint density at radius 2 is 1.84 bits per heavy atom. The molecule has 0 aliphatic carbocycles. The lowest BCUT2D eigenvalue weighted by Gasteiger charge is -2.21. The standard InChI is InChI=1S/C16H18BrNO/c1-11-5-3-4-6-14(11)16(10-18)19-15-8-7-13(17)9-12(15)2/h3-9,16H,10,18H2,1-2H3. The van der Waals surface area contributed by atoms with Crippen LogP contribution in [0.1, 0.15) is 22.8 Å². The maximum Gasteiger partial charge on any atom is 0.136 e. The van der Waals surface area contributed by atoms with Gasteiger partial charge in [-0.25, -0.2) is 0 Å². The third kappa shape index (κ3) is 3.37. The van der Waals surface area contributed by atoms with Crippen LogP contribution in [0.15, 0.2) is 46.9 Å². The number of hydrogen-bond donors (Lipinski definition) is 1. The van der Waals surface area contributed by atoms with Gasteiger partial charge in [0.15, 0.2) is 0 Å². The van der Waals surface area contributed by atoms with Crippen molar-refractivity contribution in [2.45, 2.75) is 20.0 Å². The van der Waals surface area contributed by atoms with Gasteiger partial charge in [0.05, 0.1) is 0 Å². The van der Waals surface area contributed by atoms with Crippen LogP contribution in [0.5, 0.6) is 5.75 Å². The molecular weight excluding hydrogens is 302 g/mol. The van der Waals surface area contributed by atoms with Crippen molar-refractivity contribution in [1.82, 2.24) is 0 Å². The molecule has 2 nitrogen and oxygen atoms in total. The molecule has 2 aromatic rings. The molecule has 0 amide bonds. The zero-order valence-electron chi connectivity index (χ0n) is 11.2. The van der Waals surface area contributed by atoms with Gasteiger partial charge in [0.25, 0.3) is 0 Å². The van der Waals surface area contributed by atoms with E-state index in [2.05, 4.69) is 35.0 Å². The average molecular weight is 320 g/mol. The second kappa shape index (κ2) is 6.22. The Hall–Kier alpha value is -1.32. The summed E-state index contributed by atoms with van der Waals surface area (Å²) >= 11 is 3.46. The molecule has 0 fully saturated rings. The van der Waals surface area contributed by atoms with E-state index in [0.717, 1.165) is 21.3 Å². The molecular formula is C16H18BrNO. The lowest BCUT2D eigenvalue weighted by Crippen LogP contribution is -2.19. The molecule has 0 aliphatic rings. The molecule has 1 unspecified atom stereocenters. The summed E-state index contributed by atoms with van der Waals surface area (Å²) in [5.41, 5.74) is 9.31. The van der Waals surface area contributed by atoms with E-state index >= 15 is 0 Å². The molecule has 3 heteroatoms. The number of benzene rings is 2. The second-order valence-electron chi connectivity index (χ2n) is 4.61. The monoisotopic (exact) mass is 319 g/mol. The molecule has 0 aromatic heterocycles. The molecule has 0 bridgehead atoms. The van der Waals surface area contributed by atoms with Crippen molar-refractivity contribution in [1.29, 1.82) is 0 Å². The molecule has 0 spiro atoms. The van der Waals surface area contributed by atoms with Crippen molar-refractivity contribution < 1.29 is 4.74 Å². The third-order valence-corrected chi connectivity index (χ3v) is 3.65. The first-order chi connectivity index (χ1) is 9.11. The molecule has 1 atom stereocenters. The van der Waals surface area contributed by atoms with Gasteiger partial charge in [-0.3, -0.25) is 0 Å². The van der Waals surface area contributed by atoms with Crippen molar-refractivity contribution in [3.05, 3.63) is 63.6 Å². The van der Waals surface area contributed by atoms with E-state index in [4.69, 9.17) is 10.5 Å². The van der Waals surface area contributed by atoms with E-state index in [9.17, 15) is 0 Å². The van der Waals surface area contributed by atoms with E-state index in [1.807, 2.05) is 37.3 Å². The average Bonchev–Trinajstić information content (AvgIpc) is 2.39. The minimum Gasteiger partial charge on any atom is -0.484 e. The minimum absolute atomic E-state index is 0.110. The predicted molar refractivity (Wildman–Crippen MR) is 82.5 cm³/mol. The largest absolute Gasteiger partial charge is 0.484 e. The number of ether oxygens (including phenoxy) is 1. The molecule has 2 N–H and O–H groups in total. The van der Waals surface area contributed by atoms with E-state index in [0.29, 0.717) is 6.54 Å². The fourth-order valence-electron chi connectivity index (χ4n) is 2.08. The molecule has 0 aliphatic heterocycles. The number of rotatable bonds is 4. The summed E-state index contributed by atoms with van der Waals surface area (Å²) in [6, 6.07) is 14.2. The van der Waals surface area contributed by atoms with Gasteiger partial charge in [-0.2, -0.15) is 0 Å². The summed E-state index contributed by atoms with van der Waals surface area (Å²) in [5.74, 6) is 0.877. The summed E-state index contributed by atoms with van der Waals surface area (Å²) < 4.78 is 7.12. The van der Waals surface area contributed by atoms with Crippen molar-refractivity contribution in [3.63, 3.8) is 0 Å². The molecule has 0 saturated heterocycles. The smallest absolute Gasteiger partial charge is 0.136 e. The highest BCUT2D eigenvalue weighted by atomic mass is 79.9. The SMILES string of the molecule is Cc1cc(Br)ccc1OC(CN)c1ccccc1C. The molecule has 0 saturated carbocycles. The molecule has 19 heavy (non-hydrogen) atoms. The van der Waals surface area contributed by atoms with Crippen LogP contribution in [-0.2, 0) is 0 Å². The summed E-state index contributed by atoms with van der Waals surface area (Å²) in [6.45, 7) is 4.57. The predicted octanol–water partition coefficient (Wildman–Crippen LogP) is 4.14. The van der Waals surface area contributed by atoms with E-state index in [-0.39, 0.29) is 6.10 Å². The highest BCUT2D eigenvalue weighted by molar-refractivity contribution is 9.10. The Balaban J connectivity index is 2.27. The minimum atomic E-state index is -0.110. The highest BCUT2D eigenvalue weighted by Crippen LogP contribution is 2.28. The van der Waals surface area contributed by atoms with Crippen LogP contribution in [0.4, 0.5) is 0 Å². The van der Waals surface area contributed by atoms with Crippen LogP contribution < -0.4 is 10.5 Å². The van der Waals surface area contributed by atoms with Crippen LogP contribution in [-0.4, -0.2) is 6.54 Å². The van der Waals surface area contributed by atoms with Gasteiger partial charge < -0.3 is 10.5 Å². The van der Waals surface area contributed by atoms with Crippen molar-refractivity contribution in [2.24, 2.45) is 5.73 Å². The molecule has 0 radical (unpaired) electrons. The number of nitrogens with two attached hydrogens (primary N) is 1. The van der Waals surface area contributed by atoms with E-state index in [1.54, 1.807) is 0 Å². The Morgan fingerprint density at radius 1 is 1.11 bits per heavy atom.